The first-order valence-electron chi connectivity index (χ1n) is 8.24. The fourth-order valence-corrected chi connectivity index (χ4v) is 1.71. The number of aliphatic carboxylic acids is 2. The van der Waals surface area contributed by atoms with Crippen LogP contribution in [0.5, 0.6) is 0 Å². The Labute approximate surface area is 161 Å². The summed E-state index contributed by atoms with van der Waals surface area (Å²) in [6, 6.07) is 16.6. The van der Waals surface area contributed by atoms with E-state index in [9.17, 15) is 19.2 Å². The number of aromatic carboxylic acids is 2. The Morgan fingerprint density at radius 3 is 1.00 bits per heavy atom. The quantitative estimate of drug-likeness (QED) is 0.525. The maximum Gasteiger partial charge on any atom is 0.335 e. The first kappa shape index (κ1) is 24.3. The van der Waals surface area contributed by atoms with E-state index in [1.54, 1.807) is 60.7 Å². The average Bonchev–Trinajstić information content (AvgIpc) is 2.67. The lowest BCUT2D eigenvalue weighted by atomic mass is 10.2. The van der Waals surface area contributed by atoms with Crippen LogP contribution < -0.4 is 0 Å². The normalized spacial score (nSPS) is 9.00. The molecule has 0 amide bonds. The van der Waals surface area contributed by atoms with Gasteiger partial charge in [-0.05, 0) is 37.1 Å². The molecule has 2 aromatic rings. The highest BCUT2D eigenvalue weighted by Crippen LogP contribution is 1.99. The highest BCUT2D eigenvalue weighted by Gasteiger charge is 1.99. The van der Waals surface area contributed by atoms with E-state index in [4.69, 9.17) is 20.4 Å². The maximum atomic E-state index is 10.2. The molecule has 4 N–H and O–H groups in total. The third-order valence-electron chi connectivity index (χ3n) is 3.07. The van der Waals surface area contributed by atoms with Crippen molar-refractivity contribution in [3.05, 3.63) is 71.8 Å². The average molecular weight is 390 g/mol. The van der Waals surface area contributed by atoms with Gasteiger partial charge < -0.3 is 20.4 Å². The molecule has 2 aromatic carbocycles. The summed E-state index contributed by atoms with van der Waals surface area (Å²) in [7, 11) is 0. The molecule has 0 aliphatic heterocycles. The van der Waals surface area contributed by atoms with Crippen LogP contribution in [0.1, 0.15) is 46.4 Å². The van der Waals surface area contributed by atoms with E-state index in [0.717, 1.165) is 0 Å². The lowest BCUT2D eigenvalue weighted by Crippen LogP contribution is -1.97. The van der Waals surface area contributed by atoms with Crippen molar-refractivity contribution in [2.24, 2.45) is 0 Å². The zero-order chi connectivity index (χ0) is 21.4. The van der Waals surface area contributed by atoms with Gasteiger partial charge in [0.1, 0.15) is 0 Å². The SMILES string of the molecule is O=C(O)CCCCC(=O)O.O=C(O)c1ccccc1.O=C(O)c1ccccc1. The first-order chi connectivity index (χ1) is 13.2. The Hall–Kier alpha value is -3.68. The van der Waals surface area contributed by atoms with Gasteiger partial charge in [0.05, 0.1) is 11.1 Å². The second-order valence-corrected chi connectivity index (χ2v) is 5.34. The molecule has 0 radical (unpaired) electrons. The van der Waals surface area contributed by atoms with Crippen LogP contribution in [0.3, 0.4) is 0 Å². The van der Waals surface area contributed by atoms with Crippen molar-refractivity contribution in [1.82, 2.24) is 0 Å². The molecule has 0 aliphatic carbocycles. The van der Waals surface area contributed by atoms with Gasteiger partial charge in [0.2, 0.25) is 0 Å². The van der Waals surface area contributed by atoms with Crippen molar-refractivity contribution in [3.63, 3.8) is 0 Å². The van der Waals surface area contributed by atoms with Crippen LogP contribution in [0.25, 0.3) is 0 Å². The van der Waals surface area contributed by atoms with Crippen molar-refractivity contribution in [2.45, 2.75) is 25.7 Å². The molecule has 150 valence electrons. The predicted octanol–water partition coefficient (Wildman–Crippen LogP) is 3.49. The Morgan fingerprint density at radius 2 is 0.821 bits per heavy atom. The van der Waals surface area contributed by atoms with E-state index in [-0.39, 0.29) is 12.8 Å². The fourth-order valence-electron chi connectivity index (χ4n) is 1.71. The van der Waals surface area contributed by atoms with Crippen LogP contribution in [0, 0.1) is 0 Å². The fraction of sp³-hybridized carbons (Fsp3) is 0.200. The molecule has 0 aliphatic rings. The Balaban J connectivity index is 0.000000391. The Bertz CT molecular complexity index is 676. The molecule has 8 nitrogen and oxygen atoms in total. The minimum absolute atomic E-state index is 0.0628. The number of carbonyl (C=O) groups is 4. The molecule has 28 heavy (non-hydrogen) atoms. The number of carboxylic acids is 4. The summed E-state index contributed by atoms with van der Waals surface area (Å²) in [5, 5.41) is 33.0. The molecule has 0 fully saturated rings. The van der Waals surface area contributed by atoms with Gasteiger partial charge in [0.25, 0.3) is 0 Å². The second-order valence-electron chi connectivity index (χ2n) is 5.34. The molecule has 8 heteroatoms. The number of hydrogen-bond acceptors (Lipinski definition) is 4. The Kier molecular flexibility index (Phi) is 12.6. The van der Waals surface area contributed by atoms with E-state index in [1.165, 1.54) is 0 Å². The second kappa shape index (κ2) is 14.5. The number of rotatable bonds is 7. The van der Waals surface area contributed by atoms with Crippen LogP contribution in [0.15, 0.2) is 60.7 Å². The summed E-state index contributed by atoms with van der Waals surface area (Å²) in [5.74, 6) is -3.50. The maximum absolute atomic E-state index is 10.2. The van der Waals surface area contributed by atoms with Crippen LogP contribution in [-0.2, 0) is 9.59 Å². The number of carboxylic acid groups (broad SMARTS) is 4. The van der Waals surface area contributed by atoms with Crippen molar-refractivity contribution in [1.29, 1.82) is 0 Å². The number of hydrogen-bond donors (Lipinski definition) is 4. The lowest BCUT2D eigenvalue weighted by Gasteiger charge is -1.92. The molecular weight excluding hydrogens is 368 g/mol. The summed E-state index contributed by atoms with van der Waals surface area (Å²) in [4.78, 5) is 40.2. The van der Waals surface area contributed by atoms with Gasteiger partial charge in [-0.3, -0.25) is 9.59 Å². The monoisotopic (exact) mass is 390 g/mol. The van der Waals surface area contributed by atoms with E-state index >= 15 is 0 Å². The smallest absolute Gasteiger partial charge is 0.335 e. The summed E-state index contributed by atoms with van der Waals surface area (Å²) in [6.45, 7) is 0. The topological polar surface area (TPSA) is 149 Å². The van der Waals surface area contributed by atoms with E-state index < -0.39 is 23.9 Å². The minimum Gasteiger partial charge on any atom is -0.481 e. The number of benzene rings is 2. The third-order valence-corrected chi connectivity index (χ3v) is 3.07. The lowest BCUT2D eigenvalue weighted by molar-refractivity contribution is -0.139. The van der Waals surface area contributed by atoms with Crippen molar-refractivity contribution < 1.29 is 39.6 Å². The molecule has 0 spiro atoms. The Morgan fingerprint density at radius 1 is 0.536 bits per heavy atom. The summed E-state index contributed by atoms with van der Waals surface area (Å²) in [5.41, 5.74) is 0.662. The predicted molar refractivity (Wildman–Crippen MR) is 101 cm³/mol. The van der Waals surface area contributed by atoms with Crippen LogP contribution in [-0.4, -0.2) is 44.3 Å². The van der Waals surface area contributed by atoms with Crippen LogP contribution >= 0.6 is 0 Å². The van der Waals surface area contributed by atoms with Gasteiger partial charge in [-0.2, -0.15) is 0 Å². The highest BCUT2D eigenvalue weighted by atomic mass is 16.4. The standard InChI is InChI=1S/2C7H6O2.C6H10O4/c2*8-7(9)6-4-2-1-3-5-6;7-5(8)3-1-2-4-6(9)10/h2*1-5H,(H,8,9);1-4H2,(H,7,8)(H,9,10). The van der Waals surface area contributed by atoms with Gasteiger partial charge >= 0.3 is 23.9 Å². The molecule has 0 aromatic heterocycles. The molecule has 0 atom stereocenters. The number of unbranched alkanes of at least 4 members (excludes halogenated alkanes) is 1. The van der Waals surface area contributed by atoms with Crippen molar-refractivity contribution in [3.8, 4) is 0 Å². The van der Waals surface area contributed by atoms with Crippen molar-refractivity contribution in [2.75, 3.05) is 0 Å². The largest absolute Gasteiger partial charge is 0.481 e. The molecule has 0 saturated carbocycles. The van der Waals surface area contributed by atoms with Crippen LogP contribution in [0.2, 0.25) is 0 Å². The van der Waals surface area contributed by atoms with Gasteiger partial charge in [-0.1, -0.05) is 36.4 Å². The minimum atomic E-state index is -0.879. The zero-order valence-electron chi connectivity index (χ0n) is 15.0. The zero-order valence-corrected chi connectivity index (χ0v) is 15.0. The first-order valence-corrected chi connectivity index (χ1v) is 8.24. The molecule has 0 unspecified atom stereocenters. The highest BCUT2D eigenvalue weighted by molar-refractivity contribution is 5.87. The van der Waals surface area contributed by atoms with E-state index in [0.29, 0.717) is 24.0 Å². The molecular formula is C20H22O8. The molecule has 0 bridgehead atoms. The van der Waals surface area contributed by atoms with Crippen LogP contribution in [0.4, 0.5) is 0 Å². The molecule has 0 heterocycles. The van der Waals surface area contributed by atoms with Gasteiger partial charge in [0.15, 0.2) is 0 Å². The van der Waals surface area contributed by atoms with Gasteiger partial charge in [-0.15, -0.1) is 0 Å². The molecule has 2 rings (SSSR count). The van der Waals surface area contributed by atoms with Crippen molar-refractivity contribution >= 4 is 23.9 Å². The van der Waals surface area contributed by atoms with E-state index in [1.807, 2.05) is 0 Å². The third kappa shape index (κ3) is 13.6. The summed E-state index contributed by atoms with van der Waals surface area (Å²) >= 11 is 0. The van der Waals surface area contributed by atoms with Gasteiger partial charge in [-0.25, -0.2) is 9.59 Å². The van der Waals surface area contributed by atoms with E-state index in [2.05, 4.69) is 0 Å². The van der Waals surface area contributed by atoms with Gasteiger partial charge in [0, 0.05) is 12.8 Å². The summed E-state index contributed by atoms with van der Waals surface area (Å²) < 4.78 is 0. The molecule has 0 saturated heterocycles. The summed E-state index contributed by atoms with van der Waals surface area (Å²) in [6.07, 6.45) is 1.02.